The highest BCUT2D eigenvalue weighted by atomic mass is 15.1. The smallest absolute Gasteiger partial charge is 0.139 e. The van der Waals surface area contributed by atoms with Crippen LogP contribution in [0.3, 0.4) is 0 Å². The minimum atomic E-state index is -0.116. The molecule has 0 aliphatic heterocycles. The lowest BCUT2D eigenvalue weighted by Crippen LogP contribution is -2.22. The number of nitrogens with two attached hydrogens (primary N) is 1. The molecule has 1 aromatic heterocycles. The second-order valence-corrected chi connectivity index (χ2v) is 4.55. The fourth-order valence-electron chi connectivity index (χ4n) is 2.12. The molecular weight excluding hydrogens is 198 g/mol. The summed E-state index contributed by atoms with van der Waals surface area (Å²) in [6.07, 6.45) is 4.05. The van der Waals surface area contributed by atoms with Gasteiger partial charge in [-0.05, 0) is 12.8 Å². The molecule has 0 unspecified atom stereocenters. The molecule has 0 spiro atoms. The van der Waals surface area contributed by atoms with Gasteiger partial charge in [-0.25, -0.2) is 4.98 Å². The Morgan fingerprint density at radius 3 is 2.56 bits per heavy atom. The minimum absolute atomic E-state index is 0.116. The highest BCUT2D eigenvalue weighted by Gasteiger charge is 2.42. The van der Waals surface area contributed by atoms with E-state index in [-0.39, 0.29) is 5.54 Å². The van der Waals surface area contributed by atoms with E-state index in [1.807, 2.05) is 31.4 Å². The van der Waals surface area contributed by atoms with Crippen LogP contribution in [0.15, 0.2) is 36.5 Å². The van der Waals surface area contributed by atoms with Crippen LogP contribution in [0.5, 0.6) is 0 Å². The fourth-order valence-corrected chi connectivity index (χ4v) is 2.12. The van der Waals surface area contributed by atoms with E-state index in [2.05, 4.69) is 21.7 Å². The van der Waals surface area contributed by atoms with Gasteiger partial charge < -0.3 is 10.3 Å². The Labute approximate surface area is 94.9 Å². The first-order valence-electron chi connectivity index (χ1n) is 5.57. The highest BCUT2D eigenvalue weighted by molar-refractivity contribution is 5.56. The van der Waals surface area contributed by atoms with E-state index in [0.29, 0.717) is 0 Å². The van der Waals surface area contributed by atoms with Gasteiger partial charge in [0.1, 0.15) is 5.82 Å². The number of hydrogen-bond donors (Lipinski definition) is 1. The normalized spacial score (nSPS) is 17.4. The summed E-state index contributed by atoms with van der Waals surface area (Å²) in [6.45, 7) is 0. The summed E-state index contributed by atoms with van der Waals surface area (Å²) in [6, 6.07) is 10.2. The first-order valence-corrected chi connectivity index (χ1v) is 5.57. The molecule has 1 saturated carbocycles. The van der Waals surface area contributed by atoms with Crippen molar-refractivity contribution in [2.45, 2.75) is 18.4 Å². The zero-order chi connectivity index (χ0) is 11.2. The van der Waals surface area contributed by atoms with E-state index >= 15 is 0 Å². The van der Waals surface area contributed by atoms with Gasteiger partial charge in [0.15, 0.2) is 0 Å². The third-order valence-corrected chi connectivity index (χ3v) is 3.32. The zero-order valence-corrected chi connectivity index (χ0v) is 9.35. The lowest BCUT2D eigenvalue weighted by Gasteiger charge is -2.10. The summed E-state index contributed by atoms with van der Waals surface area (Å²) in [5.41, 5.74) is 8.37. The first kappa shape index (κ1) is 9.60. The summed E-state index contributed by atoms with van der Waals surface area (Å²) in [7, 11) is 2.04. The SMILES string of the molecule is Cn1c(C2(N)CC2)cnc1-c1ccccc1. The maximum absolute atomic E-state index is 6.20. The lowest BCUT2D eigenvalue weighted by atomic mass is 10.2. The molecule has 3 heteroatoms. The summed E-state index contributed by atoms with van der Waals surface area (Å²) >= 11 is 0. The Morgan fingerprint density at radius 1 is 1.25 bits per heavy atom. The first-order chi connectivity index (χ1) is 7.71. The standard InChI is InChI=1S/C13H15N3/c1-16-11(13(14)7-8-13)9-15-12(16)10-5-3-2-4-6-10/h2-6,9H,7-8,14H2,1H3. The molecular formula is C13H15N3. The molecule has 3 rings (SSSR count). The van der Waals surface area contributed by atoms with Gasteiger partial charge in [-0.15, -0.1) is 0 Å². The maximum Gasteiger partial charge on any atom is 0.139 e. The highest BCUT2D eigenvalue weighted by Crippen LogP contribution is 2.43. The molecule has 0 bridgehead atoms. The van der Waals surface area contributed by atoms with Crippen LogP contribution >= 0.6 is 0 Å². The topological polar surface area (TPSA) is 43.8 Å². The summed E-state index contributed by atoms with van der Waals surface area (Å²) in [5.74, 6) is 0.993. The number of hydrogen-bond acceptors (Lipinski definition) is 2. The van der Waals surface area contributed by atoms with E-state index < -0.39 is 0 Å². The van der Waals surface area contributed by atoms with Crippen LogP contribution in [-0.2, 0) is 12.6 Å². The van der Waals surface area contributed by atoms with Gasteiger partial charge in [0.25, 0.3) is 0 Å². The van der Waals surface area contributed by atoms with Gasteiger partial charge in [0.05, 0.1) is 17.4 Å². The number of rotatable bonds is 2. The summed E-state index contributed by atoms with van der Waals surface area (Å²) in [5, 5.41) is 0. The van der Waals surface area contributed by atoms with Crippen LogP contribution in [0.2, 0.25) is 0 Å². The van der Waals surface area contributed by atoms with Crippen molar-refractivity contribution in [3.63, 3.8) is 0 Å². The summed E-state index contributed by atoms with van der Waals surface area (Å²) < 4.78 is 2.11. The molecule has 0 amide bonds. The average molecular weight is 213 g/mol. The van der Waals surface area contributed by atoms with Gasteiger partial charge in [-0.1, -0.05) is 30.3 Å². The van der Waals surface area contributed by atoms with Crippen molar-refractivity contribution in [2.75, 3.05) is 0 Å². The molecule has 0 atom stereocenters. The van der Waals surface area contributed by atoms with E-state index in [4.69, 9.17) is 5.73 Å². The van der Waals surface area contributed by atoms with Crippen LogP contribution in [-0.4, -0.2) is 9.55 Å². The second-order valence-electron chi connectivity index (χ2n) is 4.55. The Bertz CT molecular complexity index is 509. The molecule has 1 fully saturated rings. The molecule has 2 aromatic rings. The van der Waals surface area contributed by atoms with E-state index in [1.54, 1.807) is 0 Å². The van der Waals surface area contributed by atoms with Crippen molar-refractivity contribution in [3.8, 4) is 11.4 Å². The van der Waals surface area contributed by atoms with E-state index in [9.17, 15) is 0 Å². The van der Waals surface area contributed by atoms with Crippen LogP contribution in [0.4, 0.5) is 0 Å². The molecule has 0 radical (unpaired) electrons. The average Bonchev–Trinajstić information content (AvgIpc) is 2.91. The van der Waals surface area contributed by atoms with Gasteiger partial charge in [-0.2, -0.15) is 0 Å². The van der Waals surface area contributed by atoms with Gasteiger partial charge in [0, 0.05) is 12.6 Å². The van der Waals surface area contributed by atoms with Crippen molar-refractivity contribution >= 4 is 0 Å². The predicted molar refractivity (Wildman–Crippen MR) is 63.7 cm³/mol. The second kappa shape index (κ2) is 3.19. The number of imidazole rings is 1. The molecule has 1 aliphatic rings. The zero-order valence-electron chi connectivity index (χ0n) is 9.35. The Morgan fingerprint density at radius 2 is 1.94 bits per heavy atom. The number of nitrogens with zero attached hydrogens (tertiary/aromatic N) is 2. The molecule has 1 heterocycles. The Balaban J connectivity index is 2.07. The summed E-state index contributed by atoms with van der Waals surface area (Å²) in [4.78, 5) is 4.48. The molecule has 1 aliphatic carbocycles. The van der Waals surface area contributed by atoms with Crippen LogP contribution < -0.4 is 5.73 Å². The molecule has 0 saturated heterocycles. The predicted octanol–water partition coefficient (Wildman–Crippen LogP) is 2.03. The Kier molecular flexibility index (Phi) is 1.91. The van der Waals surface area contributed by atoms with Gasteiger partial charge in [0.2, 0.25) is 0 Å². The third-order valence-electron chi connectivity index (χ3n) is 3.32. The van der Waals surface area contributed by atoms with E-state index in [1.165, 1.54) is 0 Å². The van der Waals surface area contributed by atoms with Crippen LogP contribution in [0.1, 0.15) is 18.5 Å². The van der Waals surface area contributed by atoms with Gasteiger partial charge >= 0.3 is 0 Å². The lowest BCUT2D eigenvalue weighted by molar-refractivity contribution is 0.661. The fraction of sp³-hybridized carbons (Fsp3) is 0.308. The maximum atomic E-state index is 6.20. The Hall–Kier alpha value is -1.61. The van der Waals surface area contributed by atoms with Crippen molar-refractivity contribution in [1.82, 2.24) is 9.55 Å². The van der Waals surface area contributed by atoms with Crippen molar-refractivity contribution < 1.29 is 0 Å². The van der Waals surface area contributed by atoms with Crippen molar-refractivity contribution in [1.29, 1.82) is 0 Å². The number of aromatic nitrogens is 2. The monoisotopic (exact) mass is 213 g/mol. The van der Waals surface area contributed by atoms with Gasteiger partial charge in [-0.3, -0.25) is 0 Å². The molecule has 2 N–H and O–H groups in total. The third kappa shape index (κ3) is 1.36. The largest absolute Gasteiger partial charge is 0.329 e. The van der Waals surface area contributed by atoms with Crippen LogP contribution in [0, 0.1) is 0 Å². The van der Waals surface area contributed by atoms with E-state index in [0.717, 1.165) is 29.9 Å². The molecule has 82 valence electrons. The van der Waals surface area contributed by atoms with Crippen molar-refractivity contribution in [3.05, 3.63) is 42.2 Å². The van der Waals surface area contributed by atoms with Crippen molar-refractivity contribution in [2.24, 2.45) is 12.8 Å². The molecule has 3 nitrogen and oxygen atoms in total. The molecule has 1 aromatic carbocycles. The molecule has 16 heavy (non-hydrogen) atoms. The minimum Gasteiger partial charge on any atom is -0.329 e. The quantitative estimate of drug-likeness (QED) is 0.829. The number of benzene rings is 1. The van der Waals surface area contributed by atoms with Crippen LogP contribution in [0.25, 0.3) is 11.4 Å².